The van der Waals surface area contributed by atoms with Crippen LogP contribution < -0.4 is 5.32 Å². The maximum atomic E-state index is 12.4. The molecule has 2 heterocycles. The van der Waals surface area contributed by atoms with E-state index in [0.29, 0.717) is 12.4 Å². The molecule has 0 saturated carbocycles. The van der Waals surface area contributed by atoms with Crippen LogP contribution in [-0.4, -0.2) is 40.1 Å². The van der Waals surface area contributed by atoms with Gasteiger partial charge in [0.2, 0.25) is 11.8 Å². The molecule has 2 atom stereocenters. The molecule has 1 aliphatic heterocycles. The lowest BCUT2D eigenvalue weighted by molar-refractivity contribution is -0.127. The van der Waals surface area contributed by atoms with Gasteiger partial charge >= 0.3 is 0 Å². The zero-order valence-electron chi connectivity index (χ0n) is 14.8. The van der Waals surface area contributed by atoms with Gasteiger partial charge in [-0.15, -0.1) is 0 Å². The predicted octanol–water partition coefficient (Wildman–Crippen LogP) is 2.71. The summed E-state index contributed by atoms with van der Waals surface area (Å²) in [5.41, 5.74) is 0. The largest absolute Gasteiger partial charge is 0.353 e. The Morgan fingerprint density at radius 1 is 1.43 bits per heavy atom. The third-order valence-corrected chi connectivity index (χ3v) is 4.35. The van der Waals surface area contributed by atoms with Gasteiger partial charge in [-0.25, -0.2) is 0 Å². The van der Waals surface area contributed by atoms with Crippen LogP contribution in [0.1, 0.15) is 71.0 Å². The third kappa shape index (κ3) is 5.30. The Bertz CT molecular complexity index is 501. The second kappa shape index (κ2) is 8.43. The van der Waals surface area contributed by atoms with Crippen molar-refractivity contribution in [3.63, 3.8) is 0 Å². The van der Waals surface area contributed by atoms with E-state index in [-0.39, 0.29) is 23.8 Å². The Kier molecular flexibility index (Phi) is 6.57. The molecule has 0 spiro atoms. The van der Waals surface area contributed by atoms with Crippen molar-refractivity contribution in [2.75, 3.05) is 13.1 Å². The molecule has 1 fully saturated rings. The molecule has 2 rings (SSSR count). The number of nitrogens with zero attached hydrogens (tertiary/aromatic N) is 3. The Morgan fingerprint density at radius 2 is 2.22 bits per heavy atom. The average molecular weight is 322 g/mol. The number of amides is 1. The minimum Gasteiger partial charge on any atom is -0.353 e. The number of hydrogen-bond donors (Lipinski definition) is 1. The maximum Gasteiger partial charge on any atom is 0.240 e. The molecule has 0 radical (unpaired) electrons. The molecule has 6 heteroatoms. The molecular formula is C17H30N4O2. The summed E-state index contributed by atoms with van der Waals surface area (Å²) in [4.78, 5) is 19.1. The first kappa shape index (κ1) is 17.9. The van der Waals surface area contributed by atoms with Gasteiger partial charge in [0.15, 0.2) is 5.82 Å². The van der Waals surface area contributed by atoms with Crippen LogP contribution >= 0.6 is 0 Å². The van der Waals surface area contributed by atoms with Crippen LogP contribution in [0.3, 0.4) is 0 Å². The number of likely N-dealkylation sites (tertiary alicyclic amines) is 1. The number of aromatic nitrogens is 2. The molecule has 1 N–H and O–H groups in total. The van der Waals surface area contributed by atoms with Gasteiger partial charge in [-0.1, -0.05) is 32.3 Å². The first-order valence-corrected chi connectivity index (χ1v) is 8.84. The normalized spacial score (nSPS) is 20.7. The molecule has 1 aromatic heterocycles. The molecule has 0 aromatic carbocycles. The van der Waals surface area contributed by atoms with Crippen molar-refractivity contribution in [3.05, 3.63) is 11.7 Å². The fourth-order valence-electron chi connectivity index (χ4n) is 3.04. The summed E-state index contributed by atoms with van der Waals surface area (Å²) in [5, 5.41) is 7.14. The van der Waals surface area contributed by atoms with Gasteiger partial charge in [0, 0.05) is 18.5 Å². The molecule has 1 amide bonds. The molecule has 23 heavy (non-hydrogen) atoms. The van der Waals surface area contributed by atoms with E-state index >= 15 is 0 Å². The highest BCUT2D eigenvalue weighted by Crippen LogP contribution is 2.19. The monoisotopic (exact) mass is 322 g/mol. The highest BCUT2D eigenvalue weighted by atomic mass is 16.5. The minimum absolute atomic E-state index is 0.0653. The Hall–Kier alpha value is -1.43. The van der Waals surface area contributed by atoms with Crippen LogP contribution in [0.25, 0.3) is 0 Å². The lowest BCUT2D eigenvalue weighted by Gasteiger charge is -2.31. The minimum atomic E-state index is 0.0653. The van der Waals surface area contributed by atoms with Crippen LogP contribution in [0.5, 0.6) is 0 Å². The van der Waals surface area contributed by atoms with Crippen molar-refractivity contribution in [2.24, 2.45) is 5.92 Å². The van der Waals surface area contributed by atoms with E-state index in [1.54, 1.807) is 0 Å². The van der Waals surface area contributed by atoms with Gasteiger partial charge in [0.1, 0.15) is 0 Å². The number of carbonyl (C=O) groups is 1. The molecule has 130 valence electrons. The summed E-state index contributed by atoms with van der Waals surface area (Å²) < 4.78 is 5.32. The van der Waals surface area contributed by atoms with Crippen molar-refractivity contribution in [2.45, 2.75) is 71.9 Å². The van der Waals surface area contributed by atoms with Crippen LogP contribution in [0.2, 0.25) is 0 Å². The number of nitrogens with one attached hydrogen (secondary N) is 1. The molecule has 1 saturated heterocycles. The molecule has 0 bridgehead atoms. The van der Waals surface area contributed by atoms with Crippen LogP contribution in [0.4, 0.5) is 0 Å². The summed E-state index contributed by atoms with van der Waals surface area (Å²) in [5.74, 6) is 1.92. The van der Waals surface area contributed by atoms with Crippen molar-refractivity contribution in [1.82, 2.24) is 20.4 Å². The van der Waals surface area contributed by atoms with Crippen molar-refractivity contribution >= 4 is 5.91 Å². The second-order valence-corrected chi connectivity index (χ2v) is 6.97. The van der Waals surface area contributed by atoms with Gasteiger partial charge in [-0.2, -0.15) is 4.98 Å². The molecule has 0 aliphatic carbocycles. The third-order valence-electron chi connectivity index (χ3n) is 4.35. The standard InChI is InChI=1S/C17H30N4O2/c1-5-7-13(4)18-17(22)14-8-6-9-21(10-14)11-15-19-16(12(2)3)20-23-15/h12-14H,5-11H2,1-4H3,(H,18,22)/t13-,14-/m0/s1. The van der Waals surface area contributed by atoms with Crippen LogP contribution in [-0.2, 0) is 11.3 Å². The number of piperidine rings is 1. The number of rotatable bonds is 7. The molecule has 1 aliphatic rings. The molecule has 1 aromatic rings. The zero-order chi connectivity index (χ0) is 16.8. The predicted molar refractivity (Wildman–Crippen MR) is 88.9 cm³/mol. The summed E-state index contributed by atoms with van der Waals surface area (Å²) in [6, 6.07) is 0.257. The summed E-state index contributed by atoms with van der Waals surface area (Å²) in [7, 11) is 0. The highest BCUT2D eigenvalue weighted by molar-refractivity contribution is 5.79. The Labute approximate surface area is 139 Å². The van der Waals surface area contributed by atoms with E-state index < -0.39 is 0 Å². The van der Waals surface area contributed by atoms with E-state index in [0.717, 1.165) is 44.6 Å². The molecular weight excluding hydrogens is 292 g/mol. The molecule has 0 unspecified atom stereocenters. The zero-order valence-corrected chi connectivity index (χ0v) is 14.8. The molecule has 6 nitrogen and oxygen atoms in total. The van der Waals surface area contributed by atoms with Crippen molar-refractivity contribution in [3.8, 4) is 0 Å². The smallest absolute Gasteiger partial charge is 0.240 e. The first-order valence-electron chi connectivity index (χ1n) is 8.84. The number of hydrogen-bond acceptors (Lipinski definition) is 5. The quantitative estimate of drug-likeness (QED) is 0.835. The first-order chi connectivity index (χ1) is 11.0. The van der Waals surface area contributed by atoms with Gasteiger partial charge in [0.25, 0.3) is 0 Å². The topological polar surface area (TPSA) is 71.3 Å². The van der Waals surface area contributed by atoms with Crippen LogP contribution in [0, 0.1) is 5.92 Å². The van der Waals surface area contributed by atoms with Crippen molar-refractivity contribution in [1.29, 1.82) is 0 Å². The highest BCUT2D eigenvalue weighted by Gasteiger charge is 2.27. The fourth-order valence-corrected chi connectivity index (χ4v) is 3.04. The van der Waals surface area contributed by atoms with Gasteiger partial charge in [-0.05, 0) is 32.7 Å². The Balaban J connectivity index is 1.86. The summed E-state index contributed by atoms with van der Waals surface area (Å²) >= 11 is 0. The Morgan fingerprint density at radius 3 is 2.87 bits per heavy atom. The van der Waals surface area contributed by atoms with Crippen molar-refractivity contribution < 1.29 is 9.32 Å². The lowest BCUT2D eigenvalue weighted by Crippen LogP contribution is -2.45. The van der Waals surface area contributed by atoms with E-state index in [2.05, 4.69) is 34.2 Å². The number of carbonyl (C=O) groups excluding carboxylic acids is 1. The fraction of sp³-hybridized carbons (Fsp3) is 0.824. The maximum absolute atomic E-state index is 12.4. The van der Waals surface area contributed by atoms with Gasteiger partial charge < -0.3 is 9.84 Å². The van der Waals surface area contributed by atoms with E-state index in [1.165, 1.54) is 0 Å². The van der Waals surface area contributed by atoms with Crippen LogP contribution in [0.15, 0.2) is 4.52 Å². The van der Waals surface area contributed by atoms with Gasteiger partial charge in [0.05, 0.1) is 12.5 Å². The van der Waals surface area contributed by atoms with E-state index in [1.807, 2.05) is 13.8 Å². The van der Waals surface area contributed by atoms with E-state index in [9.17, 15) is 4.79 Å². The SMILES string of the molecule is CCC[C@H](C)NC(=O)[C@H]1CCCN(Cc2nc(C(C)C)no2)C1. The average Bonchev–Trinajstić information content (AvgIpc) is 2.96. The second-order valence-electron chi connectivity index (χ2n) is 6.97. The summed E-state index contributed by atoms with van der Waals surface area (Å²) in [6.45, 7) is 10.7. The van der Waals surface area contributed by atoms with E-state index in [4.69, 9.17) is 4.52 Å². The lowest BCUT2D eigenvalue weighted by atomic mass is 9.96. The summed E-state index contributed by atoms with van der Waals surface area (Å²) in [6.07, 6.45) is 4.11. The van der Waals surface area contributed by atoms with Gasteiger partial charge in [-0.3, -0.25) is 9.69 Å².